The molecule has 0 spiro atoms. The summed E-state index contributed by atoms with van der Waals surface area (Å²) in [6.07, 6.45) is 2.06. The quantitative estimate of drug-likeness (QED) is 0.696. The number of fused-ring (bicyclic) bond motifs is 1. The summed E-state index contributed by atoms with van der Waals surface area (Å²) >= 11 is 9.32. The van der Waals surface area contributed by atoms with Crippen molar-refractivity contribution in [1.82, 2.24) is 14.3 Å². The third-order valence-corrected chi connectivity index (χ3v) is 5.56. The van der Waals surface area contributed by atoms with E-state index >= 15 is 0 Å². The molecule has 0 atom stereocenters. The zero-order chi connectivity index (χ0) is 17.3. The molecule has 5 nitrogen and oxygen atoms in total. The number of amides is 1. The van der Waals surface area contributed by atoms with Crippen molar-refractivity contribution in [2.75, 3.05) is 12.0 Å². The van der Waals surface area contributed by atoms with E-state index in [1.54, 1.807) is 22.5 Å². The smallest absolute Gasteiger partial charge is 0.300 e. The molecule has 0 radical (unpaired) electrons. The van der Waals surface area contributed by atoms with E-state index in [4.69, 9.17) is 11.6 Å². The zero-order valence-electron chi connectivity index (χ0n) is 13.6. The first-order valence-corrected chi connectivity index (χ1v) is 9.96. The highest BCUT2D eigenvalue weighted by Gasteiger charge is 2.12. The minimum absolute atomic E-state index is 0.325. The van der Waals surface area contributed by atoms with Gasteiger partial charge in [0.1, 0.15) is 0 Å². The average Bonchev–Trinajstić information content (AvgIpc) is 3.05. The summed E-state index contributed by atoms with van der Waals surface area (Å²) in [5.74, 6) is 0.618. The molecule has 0 N–H and O–H groups in total. The number of rotatable bonds is 4. The summed E-state index contributed by atoms with van der Waals surface area (Å²) in [6.45, 7) is 2.69. The van der Waals surface area contributed by atoms with Gasteiger partial charge in [-0.2, -0.15) is 21.9 Å². The lowest BCUT2D eigenvalue weighted by Gasteiger charge is -2.03. The molecule has 8 heteroatoms. The van der Waals surface area contributed by atoms with E-state index in [-0.39, 0.29) is 5.91 Å². The molecule has 0 unspecified atom stereocenters. The van der Waals surface area contributed by atoms with Crippen LogP contribution in [0.2, 0.25) is 5.02 Å². The second-order valence-electron chi connectivity index (χ2n) is 5.35. The first-order valence-electron chi connectivity index (χ1n) is 7.37. The molecule has 2 heterocycles. The zero-order valence-corrected chi connectivity index (χ0v) is 16.0. The SMILES string of the molecule is CSCCn1c(=NC(=O)c2cc(C)n(C)n2)sc2cc(Cl)ccc21. The average molecular weight is 381 g/mol. The minimum Gasteiger partial charge on any atom is -0.316 e. The van der Waals surface area contributed by atoms with Crippen LogP contribution in [-0.2, 0) is 13.6 Å². The van der Waals surface area contributed by atoms with Crippen LogP contribution in [0.25, 0.3) is 10.2 Å². The largest absolute Gasteiger partial charge is 0.316 e. The molecule has 24 heavy (non-hydrogen) atoms. The Kier molecular flexibility index (Phi) is 5.12. The highest BCUT2D eigenvalue weighted by Crippen LogP contribution is 2.22. The summed E-state index contributed by atoms with van der Waals surface area (Å²) in [7, 11) is 1.81. The Labute approximate surface area is 153 Å². The van der Waals surface area contributed by atoms with E-state index in [9.17, 15) is 4.79 Å². The van der Waals surface area contributed by atoms with Crippen LogP contribution < -0.4 is 4.80 Å². The molecular weight excluding hydrogens is 364 g/mol. The van der Waals surface area contributed by atoms with Crippen molar-refractivity contribution in [3.63, 3.8) is 0 Å². The van der Waals surface area contributed by atoms with Gasteiger partial charge in [0, 0.05) is 30.1 Å². The maximum atomic E-state index is 12.5. The summed E-state index contributed by atoms with van der Waals surface area (Å²) in [6, 6.07) is 7.50. The van der Waals surface area contributed by atoms with Crippen molar-refractivity contribution in [2.24, 2.45) is 12.0 Å². The lowest BCUT2D eigenvalue weighted by atomic mass is 10.3. The Balaban J connectivity index is 2.10. The highest BCUT2D eigenvalue weighted by molar-refractivity contribution is 7.98. The second-order valence-corrected chi connectivity index (χ2v) is 7.78. The standard InChI is InChI=1S/C16H17ClN4OS2/c1-10-8-12(19-20(10)2)15(22)18-16-21(6-7-23-3)13-5-4-11(17)9-14(13)24-16/h4-5,8-9H,6-7H2,1-3H3. The number of hydrogen-bond acceptors (Lipinski definition) is 4. The van der Waals surface area contributed by atoms with Gasteiger partial charge in [-0.25, -0.2) is 0 Å². The number of halogens is 1. The molecular formula is C16H17ClN4OS2. The number of aromatic nitrogens is 3. The monoisotopic (exact) mass is 380 g/mol. The first-order chi connectivity index (χ1) is 11.5. The number of benzene rings is 1. The molecule has 1 amide bonds. The lowest BCUT2D eigenvalue weighted by Crippen LogP contribution is -2.18. The van der Waals surface area contributed by atoms with Gasteiger partial charge in [0.2, 0.25) is 0 Å². The van der Waals surface area contributed by atoms with Gasteiger partial charge < -0.3 is 4.57 Å². The summed E-state index contributed by atoms with van der Waals surface area (Å²) in [5.41, 5.74) is 2.33. The minimum atomic E-state index is -0.325. The highest BCUT2D eigenvalue weighted by atomic mass is 35.5. The fourth-order valence-corrected chi connectivity index (χ4v) is 4.04. The number of carbonyl (C=O) groups excluding carboxylic acids is 1. The Hall–Kier alpha value is -1.57. The van der Waals surface area contributed by atoms with Gasteiger partial charge >= 0.3 is 0 Å². The van der Waals surface area contributed by atoms with Gasteiger partial charge in [-0.1, -0.05) is 22.9 Å². The van der Waals surface area contributed by atoms with Crippen molar-refractivity contribution in [1.29, 1.82) is 0 Å². The first kappa shape index (κ1) is 17.3. The topological polar surface area (TPSA) is 52.2 Å². The van der Waals surface area contributed by atoms with Gasteiger partial charge in [0.25, 0.3) is 5.91 Å². The Bertz CT molecular complexity index is 951. The van der Waals surface area contributed by atoms with E-state index in [0.29, 0.717) is 15.5 Å². The number of thiazole rings is 1. The van der Waals surface area contributed by atoms with Crippen molar-refractivity contribution in [3.05, 3.63) is 45.5 Å². The van der Waals surface area contributed by atoms with Gasteiger partial charge in [0.05, 0.1) is 10.2 Å². The van der Waals surface area contributed by atoms with Crippen LogP contribution in [0, 0.1) is 6.92 Å². The van der Waals surface area contributed by atoms with Crippen LogP contribution >= 0.6 is 34.7 Å². The van der Waals surface area contributed by atoms with Crippen LogP contribution in [0.3, 0.4) is 0 Å². The number of carbonyl (C=O) groups is 1. The Morgan fingerprint density at radius 1 is 1.42 bits per heavy atom. The third kappa shape index (κ3) is 3.43. The molecule has 0 bridgehead atoms. The molecule has 0 fully saturated rings. The van der Waals surface area contributed by atoms with Crippen molar-refractivity contribution in [2.45, 2.75) is 13.5 Å². The third-order valence-electron chi connectivity index (χ3n) is 3.69. The molecule has 0 saturated carbocycles. The van der Waals surface area contributed by atoms with Crippen molar-refractivity contribution >= 4 is 50.8 Å². The van der Waals surface area contributed by atoms with Crippen LogP contribution in [-0.4, -0.2) is 32.3 Å². The van der Waals surface area contributed by atoms with E-state index in [2.05, 4.69) is 20.9 Å². The fraction of sp³-hybridized carbons (Fsp3) is 0.312. The number of hydrogen-bond donors (Lipinski definition) is 0. The predicted octanol–water partition coefficient (Wildman–Crippen LogP) is 3.50. The Morgan fingerprint density at radius 2 is 2.21 bits per heavy atom. The normalized spacial score (nSPS) is 12.2. The van der Waals surface area contributed by atoms with Crippen LogP contribution in [0.1, 0.15) is 16.2 Å². The lowest BCUT2D eigenvalue weighted by molar-refractivity contribution is 0.0992. The van der Waals surface area contributed by atoms with Gasteiger partial charge in [-0.15, -0.1) is 0 Å². The second kappa shape index (κ2) is 7.13. The van der Waals surface area contributed by atoms with Crippen LogP contribution in [0.15, 0.2) is 29.3 Å². The molecule has 0 saturated heterocycles. The molecule has 3 aromatic rings. The molecule has 0 aliphatic rings. The molecule has 126 valence electrons. The van der Waals surface area contributed by atoms with Gasteiger partial charge in [-0.05, 0) is 37.4 Å². The van der Waals surface area contributed by atoms with Crippen molar-refractivity contribution < 1.29 is 4.79 Å². The van der Waals surface area contributed by atoms with Crippen molar-refractivity contribution in [3.8, 4) is 0 Å². The molecule has 2 aromatic heterocycles. The maximum absolute atomic E-state index is 12.5. The van der Waals surface area contributed by atoms with E-state index in [1.165, 1.54) is 11.3 Å². The van der Waals surface area contributed by atoms with E-state index in [1.807, 2.05) is 32.2 Å². The molecule has 3 rings (SSSR count). The van der Waals surface area contributed by atoms with E-state index in [0.717, 1.165) is 28.2 Å². The molecule has 0 aliphatic heterocycles. The predicted molar refractivity (Wildman–Crippen MR) is 101 cm³/mol. The summed E-state index contributed by atoms with van der Waals surface area (Å²) < 4.78 is 4.77. The summed E-state index contributed by atoms with van der Waals surface area (Å²) in [4.78, 5) is 17.5. The van der Waals surface area contributed by atoms with Crippen LogP contribution in [0.5, 0.6) is 0 Å². The van der Waals surface area contributed by atoms with E-state index < -0.39 is 0 Å². The number of thioether (sulfide) groups is 1. The molecule has 0 aliphatic carbocycles. The van der Waals surface area contributed by atoms with Gasteiger partial charge in [0.15, 0.2) is 10.5 Å². The number of aryl methyl sites for hydroxylation is 3. The fourth-order valence-electron chi connectivity index (χ4n) is 2.34. The maximum Gasteiger partial charge on any atom is 0.300 e. The van der Waals surface area contributed by atoms with Crippen LogP contribution in [0.4, 0.5) is 0 Å². The number of nitrogens with zero attached hydrogens (tertiary/aromatic N) is 4. The Morgan fingerprint density at radius 3 is 2.88 bits per heavy atom. The van der Waals surface area contributed by atoms with Gasteiger partial charge in [-0.3, -0.25) is 9.48 Å². The molecule has 1 aromatic carbocycles. The summed E-state index contributed by atoms with van der Waals surface area (Å²) in [5, 5.41) is 4.89.